The van der Waals surface area contributed by atoms with Crippen LogP contribution in [0.4, 0.5) is 11.6 Å². The largest absolute Gasteiger partial charge is 0.476 e. The number of rotatable bonds is 5. The molecule has 4 rings (SSSR count). The third-order valence-electron chi connectivity index (χ3n) is 3.56. The first-order chi connectivity index (χ1) is 12.8. The third kappa shape index (κ3) is 2.83. The molecule has 10 nitrogen and oxygen atoms in total. The highest BCUT2D eigenvalue weighted by Gasteiger charge is 2.17. The third-order valence-corrected chi connectivity index (χ3v) is 3.56. The number of nitrogens with one attached hydrogen (secondary N) is 2. The van der Waals surface area contributed by atoms with Gasteiger partial charge >= 0.3 is 0 Å². The van der Waals surface area contributed by atoms with Gasteiger partial charge in [0, 0.05) is 11.6 Å². The number of nitrogens with zero attached hydrogens (tertiary/aromatic N) is 6. The molecule has 0 fully saturated rings. The van der Waals surface area contributed by atoms with Crippen molar-refractivity contribution in [2.45, 2.75) is 6.92 Å². The normalized spacial score (nSPS) is 11.4. The fourth-order valence-electron chi connectivity index (χ4n) is 2.45. The molecule has 0 atom stereocenters. The lowest BCUT2D eigenvalue weighted by Gasteiger charge is -2.07. The van der Waals surface area contributed by atoms with Gasteiger partial charge in [-0.1, -0.05) is 30.3 Å². The number of hydrogen-bond acceptors (Lipinski definition) is 7. The second kappa shape index (κ2) is 6.59. The molecule has 26 heavy (non-hydrogen) atoms. The van der Waals surface area contributed by atoms with Gasteiger partial charge in [-0.15, -0.1) is 10.2 Å². The summed E-state index contributed by atoms with van der Waals surface area (Å²) in [4.78, 5) is 19.0. The number of hydrogen-bond donors (Lipinski definition) is 2. The van der Waals surface area contributed by atoms with Gasteiger partial charge in [-0.2, -0.15) is 19.7 Å². The van der Waals surface area contributed by atoms with Crippen LogP contribution < -0.4 is 10.3 Å². The van der Waals surface area contributed by atoms with E-state index in [1.807, 2.05) is 37.3 Å². The fraction of sp³-hybridized carbons (Fsp3) is 0.125. The smallest absolute Gasteiger partial charge is 0.283 e. The maximum atomic E-state index is 12.5. The van der Waals surface area contributed by atoms with Gasteiger partial charge in [-0.3, -0.25) is 4.79 Å². The number of aromatic amines is 2. The lowest BCUT2D eigenvalue weighted by molar-refractivity contribution is 0.318. The van der Waals surface area contributed by atoms with Crippen molar-refractivity contribution in [1.29, 1.82) is 0 Å². The minimum Gasteiger partial charge on any atom is -0.476 e. The molecule has 10 heteroatoms. The standard InChI is InChI=1S/C16H14N8O2/c1-2-26-15-13(20-22-16-17-9-18-21-16)14(25)19-12-8-11(23-24(12)15)10-6-4-3-5-7-10/h3-9H,2H2,1H3,(H,19,25)(H,17,18,21). The van der Waals surface area contributed by atoms with E-state index in [4.69, 9.17) is 4.74 Å². The molecule has 3 heterocycles. The van der Waals surface area contributed by atoms with Crippen LogP contribution >= 0.6 is 0 Å². The Morgan fingerprint density at radius 3 is 2.81 bits per heavy atom. The van der Waals surface area contributed by atoms with Crippen molar-refractivity contribution in [3.8, 4) is 17.1 Å². The summed E-state index contributed by atoms with van der Waals surface area (Å²) in [7, 11) is 0. The summed E-state index contributed by atoms with van der Waals surface area (Å²) in [5.74, 6) is 0.383. The van der Waals surface area contributed by atoms with Gasteiger partial charge in [-0.05, 0) is 6.92 Å². The monoisotopic (exact) mass is 350 g/mol. The summed E-state index contributed by atoms with van der Waals surface area (Å²) < 4.78 is 7.13. The number of ether oxygens (including phenoxy) is 1. The maximum absolute atomic E-state index is 12.5. The molecule has 0 unspecified atom stereocenters. The van der Waals surface area contributed by atoms with Gasteiger partial charge in [-0.25, -0.2) is 5.10 Å². The molecule has 0 aliphatic rings. The van der Waals surface area contributed by atoms with Crippen LogP contribution in [0.3, 0.4) is 0 Å². The Hall–Kier alpha value is -3.82. The summed E-state index contributed by atoms with van der Waals surface area (Å²) in [5, 5.41) is 18.6. The molecule has 0 aliphatic carbocycles. The predicted molar refractivity (Wildman–Crippen MR) is 93.0 cm³/mol. The van der Waals surface area contributed by atoms with Crippen molar-refractivity contribution in [2.24, 2.45) is 10.2 Å². The van der Waals surface area contributed by atoms with Crippen LogP contribution in [0, 0.1) is 0 Å². The van der Waals surface area contributed by atoms with Crippen molar-refractivity contribution >= 4 is 17.3 Å². The molecule has 3 aromatic heterocycles. The average Bonchev–Trinajstić information content (AvgIpc) is 3.31. The van der Waals surface area contributed by atoms with E-state index in [1.54, 1.807) is 6.07 Å². The van der Waals surface area contributed by atoms with Crippen LogP contribution in [-0.2, 0) is 0 Å². The number of aromatic nitrogens is 6. The average molecular weight is 350 g/mol. The minimum absolute atomic E-state index is 0.00142. The summed E-state index contributed by atoms with van der Waals surface area (Å²) in [5.41, 5.74) is 1.67. The van der Waals surface area contributed by atoms with Crippen LogP contribution in [0.25, 0.3) is 16.9 Å². The molecule has 0 saturated carbocycles. The van der Waals surface area contributed by atoms with E-state index in [9.17, 15) is 4.79 Å². The van der Waals surface area contributed by atoms with E-state index >= 15 is 0 Å². The first-order valence-corrected chi connectivity index (χ1v) is 7.87. The Labute approximate surface area is 146 Å². The summed E-state index contributed by atoms with van der Waals surface area (Å²) in [6.45, 7) is 2.15. The van der Waals surface area contributed by atoms with Crippen molar-refractivity contribution in [2.75, 3.05) is 6.61 Å². The summed E-state index contributed by atoms with van der Waals surface area (Å²) >= 11 is 0. The van der Waals surface area contributed by atoms with Crippen molar-refractivity contribution < 1.29 is 4.74 Å². The van der Waals surface area contributed by atoms with E-state index in [2.05, 4.69) is 35.5 Å². The zero-order valence-corrected chi connectivity index (χ0v) is 13.7. The summed E-state index contributed by atoms with van der Waals surface area (Å²) in [6.07, 6.45) is 1.30. The topological polar surface area (TPSA) is 126 Å². The van der Waals surface area contributed by atoms with Crippen LogP contribution in [0.2, 0.25) is 0 Å². The maximum Gasteiger partial charge on any atom is 0.283 e. The highest BCUT2D eigenvalue weighted by Crippen LogP contribution is 2.27. The second-order valence-corrected chi connectivity index (χ2v) is 5.24. The molecule has 2 N–H and O–H groups in total. The number of azo groups is 1. The van der Waals surface area contributed by atoms with Gasteiger partial charge in [0.2, 0.25) is 5.69 Å². The quantitative estimate of drug-likeness (QED) is 0.535. The number of fused-ring (bicyclic) bond motifs is 1. The first kappa shape index (κ1) is 15.7. The summed E-state index contributed by atoms with van der Waals surface area (Å²) in [6, 6.07) is 11.4. The lowest BCUT2D eigenvalue weighted by Crippen LogP contribution is -2.12. The minimum atomic E-state index is -0.441. The molecule has 0 saturated heterocycles. The number of benzene rings is 1. The fourth-order valence-corrected chi connectivity index (χ4v) is 2.45. The number of H-pyrrole nitrogens is 2. The Morgan fingerprint density at radius 1 is 1.23 bits per heavy atom. The van der Waals surface area contributed by atoms with Gasteiger partial charge in [0.05, 0.1) is 12.3 Å². The molecule has 4 aromatic rings. The highest BCUT2D eigenvalue weighted by atomic mass is 16.5. The molecule has 0 bridgehead atoms. The Morgan fingerprint density at radius 2 is 2.08 bits per heavy atom. The molecule has 0 spiro atoms. The van der Waals surface area contributed by atoms with E-state index in [0.717, 1.165) is 5.56 Å². The van der Waals surface area contributed by atoms with Gasteiger partial charge in [0.1, 0.15) is 12.0 Å². The van der Waals surface area contributed by atoms with Crippen LogP contribution in [-0.4, -0.2) is 36.4 Å². The van der Waals surface area contributed by atoms with Crippen molar-refractivity contribution in [1.82, 2.24) is 29.8 Å². The van der Waals surface area contributed by atoms with Crippen LogP contribution in [0.1, 0.15) is 6.92 Å². The predicted octanol–water partition coefficient (Wildman–Crippen LogP) is 2.62. The van der Waals surface area contributed by atoms with E-state index < -0.39 is 5.56 Å². The van der Waals surface area contributed by atoms with Gasteiger partial charge in [0.25, 0.3) is 17.4 Å². The van der Waals surface area contributed by atoms with Crippen LogP contribution in [0.5, 0.6) is 5.88 Å². The second-order valence-electron chi connectivity index (χ2n) is 5.24. The molecule has 0 radical (unpaired) electrons. The molecule has 130 valence electrons. The van der Waals surface area contributed by atoms with E-state index in [1.165, 1.54) is 10.8 Å². The van der Waals surface area contributed by atoms with E-state index in [0.29, 0.717) is 17.9 Å². The first-order valence-electron chi connectivity index (χ1n) is 7.87. The zero-order valence-electron chi connectivity index (χ0n) is 13.7. The van der Waals surface area contributed by atoms with Gasteiger partial charge in [0.15, 0.2) is 0 Å². The molecular weight excluding hydrogens is 336 g/mol. The SMILES string of the molecule is CCOc1c(N=Nc2ncn[nH]2)c(=O)[nH]c2cc(-c3ccccc3)nn12. The Balaban J connectivity index is 1.88. The van der Waals surface area contributed by atoms with Crippen molar-refractivity contribution in [3.63, 3.8) is 0 Å². The lowest BCUT2D eigenvalue weighted by atomic mass is 10.2. The Kier molecular flexibility index (Phi) is 3.98. The molecule has 0 amide bonds. The van der Waals surface area contributed by atoms with E-state index in [-0.39, 0.29) is 17.5 Å². The molecule has 0 aliphatic heterocycles. The zero-order chi connectivity index (χ0) is 17.9. The van der Waals surface area contributed by atoms with Crippen molar-refractivity contribution in [3.05, 3.63) is 53.1 Å². The van der Waals surface area contributed by atoms with Gasteiger partial charge < -0.3 is 9.72 Å². The highest BCUT2D eigenvalue weighted by molar-refractivity contribution is 5.65. The Bertz CT molecular complexity index is 1110. The van der Waals surface area contributed by atoms with Crippen LogP contribution in [0.15, 0.2) is 57.7 Å². The molecule has 1 aromatic carbocycles. The molecular formula is C16H14N8O2.